The van der Waals surface area contributed by atoms with Crippen LogP contribution in [-0.2, 0) is 19.2 Å². The van der Waals surface area contributed by atoms with Gasteiger partial charge in [-0.25, -0.2) is 8.42 Å². The fourth-order valence-electron chi connectivity index (χ4n) is 1.91. The van der Waals surface area contributed by atoms with Crippen LogP contribution in [0.5, 0.6) is 0 Å². The van der Waals surface area contributed by atoms with Crippen molar-refractivity contribution < 1.29 is 13.2 Å². The van der Waals surface area contributed by atoms with Gasteiger partial charge in [0, 0.05) is 23.2 Å². The van der Waals surface area contributed by atoms with E-state index in [0.717, 1.165) is 18.4 Å². The predicted molar refractivity (Wildman–Crippen MR) is 62.3 cm³/mol. The molecule has 1 fully saturated rings. The number of hydrogen-bond donors (Lipinski definition) is 0. The van der Waals surface area contributed by atoms with E-state index in [1.165, 1.54) is 0 Å². The average Bonchev–Trinajstić information content (AvgIpc) is 2.99. The Bertz CT molecular complexity index is 474. The molecule has 5 heteroatoms. The van der Waals surface area contributed by atoms with Gasteiger partial charge in [0.2, 0.25) is 0 Å². The van der Waals surface area contributed by atoms with E-state index in [1.54, 1.807) is 19.2 Å². The minimum Gasteiger partial charge on any atom is -0.384 e. The summed E-state index contributed by atoms with van der Waals surface area (Å²) in [4.78, 5) is 0.145. The highest BCUT2D eigenvalue weighted by Crippen LogP contribution is 2.48. The van der Waals surface area contributed by atoms with Crippen molar-refractivity contribution in [1.29, 1.82) is 0 Å². The zero-order valence-electron chi connectivity index (χ0n) is 8.94. The van der Waals surface area contributed by atoms with E-state index in [-0.39, 0.29) is 10.3 Å². The van der Waals surface area contributed by atoms with E-state index in [2.05, 4.69) is 0 Å². The van der Waals surface area contributed by atoms with E-state index < -0.39 is 9.05 Å². The number of halogens is 1. The van der Waals surface area contributed by atoms with E-state index in [0.29, 0.717) is 6.61 Å². The molecule has 1 aromatic rings. The van der Waals surface area contributed by atoms with Crippen LogP contribution in [0, 0.1) is 0 Å². The summed E-state index contributed by atoms with van der Waals surface area (Å²) in [6.45, 7) is 0.681. The molecule has 0 atom stereocenters. The first kappa shape index (κ1) is 11.9. The first-order valence-electron chi connectivity index (χ1n) is 5.02. The summed E-state index contributed by atoms with van der Waals surface area (Å²) in [6.07, 6.45) is 2.18. The second kappa shape index (κ2) is 4.02. The molecular formula is C11H13ClO3S. The van der Waals surface area contributed by atoms with Gasteiger partial charge in [0.15, 0.2) is 0 Å². The van der Waals surface area contributed by atoms with Crippen LogP contribution < -0.4 is 0 Å². The van der Waals surface area contributed by atoms with E-state index in [9.17, 15) is 8.42 Å². The molecule has 0 saturated heterocycles. The summed E-state index contributed by atoms with van der Waals surface area (Å²) in [6, 6.07) is 6.74. The van der Waals surface area contributed by atoms with Crippen molar-refractivity contribution >= 4 is 19.7 Å². The molecule has 2 rings (SSSR count). The van der Waals surface area contributed by atoms with Gasteiger partial charge in [-0.2, -0.15) is 0 Å². The fourth-order valence-corrected chi connectivity index (χ4v) is 2.68. The first-order valence-corrected chi connectivity index (χ1v) is 7.33. The lowest BCUT2D eigenvalue weighted by Gasteiger charge is -2.14. The number of hydrogen-bond acceptors (Lipinski definition) is 3. The smallest absolute Gasteiger partial charge is 0.261 e. The molecule has 0 radical (unpaired) electrons. The highest BCUT2D eigenvalue weighted by atomic mass is 35.7. The van der Waals surface area contributed by atoms with E-state index in [1.807, 2.05) is 12.1 Å². The van der Waals surface area contributed by atoms with Gasteiger partial charge in [-0.05, 0) is 30.5 Å². The molecule has 0 unspecified atom stereocenters. The second-order valence-electron chi connectivity index (χ2n) is 4.18. The van der Waals surface area contributed by atoms with Crippen LogP contribution in [0.2, 0.25) is 0 Å². The Hall–Kier alpha value is -0.580. The lowest BCUT2D eigenvalue weighted by atomic mass is 9.97. The van der Waals surface area contributed by atoms with Crippen molar-refractivity contribution in [2.75, 3.05) is 13.7 Å². The summed E-state index contributed by atoms with van der Waals surface area (Å²) >= 11 is 0. The maximum absolute atomic E-state index is 11.1. The Kier molecular flexibility index (Phi) is 2.99. The van der Waals surface area contributed by atoms with Gasteiger partial charge in [-0.1, -0.05) is 12.1 Å². The summed E-state index contributed by atoms with van der Waals surface area (Å²) in [7, 11) is 3.31. The molecule has 3 nitrogen and oxygen atoms in total. The Morgan fingerprint density at radius 3 is 2.25 bits per heavy atom. The van der Waals surface area contributed by atoms with Gasteiger partial charge < -0.3 is 4.74 Å². The quantitative estimate of drug-likeness (QED) is 0.780. The molecule has 0 spiro atoms. The van der Waals surface area contributed by atoms with Crippen molar-refractivity contribution in [3.63, 3.8) is 0 Å². The van der Waals surface area contributed by atoms with Crippen molar-refractivity contribution in [1.82, 2.24) is 0 Å². The molecule has 1 aliphatic carbocycles. The van der Waals surface area contributed by atoms with Crippen molar-refractivity contribution in [2.24, 2.45) is 0 Å². The van der Waals surface area contributed by atoms with Crippen molar-refractivity contribution in [3.8, 4) is 0 Å². The standard InChI is InChI=1S/C11H13ClO3S/c1-15-8-11(6-7-11)9-2-4-10(5-3-9)16(12,13)14/h2-5H,6-8H2,1H3. The monoisotopic (exact) mass is 260 g/mol. The third-order valence-electron chi connectivity index (χ3n) is 3.02. The predicted octanol–water partition coefficient (Wildman–Crippen LogP) is 2.29. The normalized spacial score (nSPS) is 18.4. The van der Waals surface area contributed by atoms with Crippen LogP contribution in [-0.4, -0.2) is 22.1 Å². The topological polar surface area (TPSA) is 43.4 Å². The highest BCUT2D eigenvalue weighted by Gasteiger charge is 2.44. The largest absolute Gasteiger partial charge is 0.384 e. The van der Waals surface area contributed by atoms with Crippen LogP contribution >= 0.6 is 10.7 Å². The molecule has 16 heavy (non-hydrogen) atoms. The number of ether oxygens (including phenoxy) is 1. The summed E-state index contributed by atoms with van der Waals surface area (Å²) in [5.41, 5.74) is 1.22. The molecule has 1 saturated carbocycles. The van der Waals surface area contributed by atoms with Crippen LogP contribution in [0.25, 0.3) is 0 Å². The number of methoxy groups -OCH3 is 1. The van der Waals surface area contributed by atoms with Gasteiger partial charge in [-0.15, -0.1) is 0 Å². The average molecular weight is 261 g/mol. The molecule has 0 aliphatic heterocycles. The number of benzene rings is 1. The number of rotatable bonds is 4. The third kappa shape index (κ3) is 2.24. The van der Waals surface area contributed by atoms with Gasteiger partial charge in [0.25, 0.3) is 9.05 Å². The van der Waals surface area contributed by atoms with Crippen LogP contribution in [0.1, 0.15) is 18.4 Å². The molecule has 0 amide bonds. The fraction of sp³-hybridized carbons (Fsp3) is 0.455. The van der Waals surface area contributed by atoms with Gasteiger partial charge in [-0.3, -0.25) is 0 Å². The van der Waals surface area contributed by atoms with Gasteiger partial charge in [0.1, 0.15) is 0 Å². The first-order chi connectivity index (χ1) is 7.48. The molecular weight excluding hydrogens is 248 g/mol. The second-order valence-corrected chi connectivity index (χ2v) is 6.74. The van der Waals surface area contributed by atoms with E-state index in [4.69, 9.17) is 15.4 Å². The molecule has 0 heterocycles. The SMILES string of the molecule is COCC1(c2ccc(S(=O)(=O)Cl)cc2)CC1. The zero-order chi connectivity index (χ0) is 11.8. The molecule has 0 aromatic heterocycles. The van der Waals surface area contributed by atoms with Crippen LogP contribution in [0.3, 0.4) is 0 Å². The van der Waals surface area contributed by atoms with Crippen LogP contribution in [0.15, 0.2) is 29.2 Å². The third-order valence-corrected chi connectivity index (χ3v) is 4.39. The lowest BCUT2D eigenvalue weighted by molar-refractivity contribution is 0.171. The summed E-state index contributed by atoms with van der Waals surface area (Å²) in [5, 5.41) is 0. The zero-order valence-corrected chi connectivity index (χ0v) is 10.5. The minimum absolute atomic E-state index is 0.101. The molecule has 0 bridgehead atoms. The van der Waals surface area contributed by atoms with Gasteiger partial charge >= 0.3 is 0 Å². The molecule has 0 N–H and O–H groups in total. The highest BCUT2D eigenvalue weighted by molar-refractivity contribution is 8.13. The summed E-state index contributed by atoms with van der Waals surface area (Å²) in [5.74, 6) is 0. The van der Waals surface area contributed by atoms with Gasteiger partial charge in [0.05, 0.1) is 11.5 Å². The van der Waals surface area contributed by atoms with Crippen LogP contribution in [0.4, 0.5) is 0 Å². The minimum atomic E-state index is -3.62. The maximum Gasteiger partial charge on any atom is 0.261 e. The maximum atomic E-state index is 11.1. The summed E-state index contributed by atoms with van der Waals surface area (Å²) < 4.78 is 27.3. The molecule has 1 aliphatic rings. The Balaban J connectivity index is 2.27. The molecule has 1 aromatic carbocycles. The lowest BCUT2D eigenvalue weighted by Crippen LogP contribution is -2.13. The Morgan fingerprint density at radius 2 is 1.88 bits per heavy atom. The Morgan fingerprint density at radius 1 is 1.31 bits per heavy atom. The molecule has 88 valence electrons. The van der Waals surface area contributed by atoms with Crippen molar-refractivity contribution in [3.05, 3.63) is 29.8 Å². The van der Waals surface area contributed by atoms with Crippen molar-refractivity contribution in [2.45, 2.75) is 23.2 Å². The van der Waals surface area contributed by atoms with E-state index >= 15 is 0 Å². The Labute approximate surface area is 99.8 Å².